The zero-order valence-corrected chi connectivity index (χ0v) is 14.4. The highest BCUT2D eigenvalue weighted by atomic mass is 35.5. The highest BCUT2D eigenvalue weighted by Gasteiger charge is 2.25. The summed E-state index contributed by atoms with van der Waals surface area (Å²) in [7, 11) is 0. The number of amides is 1. The van der Waals surface area contributed by atoms with Crippen molar-refractivity contribution in [2.45, 2.75) is 6.04 Å². The molecule has 25 heavy (non-hydrogen) atoms. The maximum Gasteiger partial charge on any atom is 0.238 e. The summed E-state index contributed by atoms with van der Waals surface area (Å²) in [6.45, 7) is 2.32. The van der Waals surface area contributed by atoms with Crippen LogP contribution in [0.4, 0.5) is 14.5 Å². The lowest BCUT2D eigenvalue weighted by Gasteiger charge is -2.36. The zero-order valence-electron chi connectivity index (χ0n) is 13.5. The van der Waals surface area contributed by atoms with Gasteiger partial charge in [-0.3, -0.25) is 9.69 Å². The molecule has 2 aromatic carbocycles. The highest BCUT2D eigenvalue weighted by Crippen LogP contribution is 2.22. The minimum absolute atomic E-state index is 0. The fraction of sp³-hybridized carbons (Fsp3) is 0.278. The van der Waals surface area contributed by atoms with Gasteiger partial charge in [0, 0.05) is 31.4 Å². The van der Waals surface area contributed by atoms with Gasteiger partial charge in [-0.1, -0.05) is 12.1 Å². The van der Waals surface area contributed by atoms with Crippen molar-refractivity contribution in [3.8, 4) is 0 Å². The number of piperazine rings is 1. The number of rotatable bonds is 4. The van der Waals surface area contributed by atoms with Crippen molar-refractivity contribution in [1.29, 1.82) is 0 Å². The molecule has 0 spiro atoms. The van der Waals surface area contributed by atoms with Crippen LogP contribution in [0.25, 0.3) is 0 Å². The van der Waals surface area contributed by atoms with E-state index in [0.717, 1.165) is 12.1 Å². The third-order valence-electron chi connectivity index (χ3n) is 4.06. The lowest BCUT2D eigenvalue weighted by molar-refractivity contribution is -0.118. The van der Waals surface area contributed by atoms with Gasteiger partial charge in [0.2, 0.25) is 5.91 Å². The Labute approximate surface area is 151 Å². The first kappa shape index (κ1) is 19.3. The number of halogens is 3. The summed E-state index contributed by atoms with van der Waals surface area (Å²) >= 11 is 0. The van der Waals surface area contributed by atoms with Crippen molar-refractivity contribution in [3.63, 3.8) is 0 Å². The summed E-state index contributed by atoms with van der Waals surface area (Å²) in [4.78, 5) is 14.3. The van der Waals surface area contributed by atoms with Gasteiger partial charge in [-0.15, -0.1) is 12.4 Å². The van der Waals surface area contributed by atoms with E-state index in [2.05, 4.69) is 10.6 Å². The van der Waals surface area contributed by atoms with Crippen molar-refractivity contribution >= 4 is 24.0 Å². The van der Waals surface area contributed by atoms with Gasteiger partial charge in [0.25, 0.3) is 0 Å². The molecule has 2 aromatic rings. The lowest BCUT2D eigenvalue weighted by atomic mass is 10.0. The molecule has 1 unspecified atom stereocenters. The third-order valence-corrected chi connectivity index (χ3v) is 4.06. The van der Waals surface area contributed by atoms with Gasteiger partial charge >= 0.3 is 0 Å². The Morgan fingerprint density at radius 1 is 1.16 bits per heavy atom. The smallest absolute Gasteiger partial charge is 0.238 e. The molecule has 0 aliphatic carbocycles. The van der Waals surface area contributed by atoms with Crippen LogP contribution in [0.1, 0.15) is 11.6 Å². The van der Waals surface area contributed by atoms with Crippen LogP contribution in [0.3, 0.4) is 0 Å². The molecular weight excluding hydrogens is 348 g/mol. The molecule has 1 fully saturated rings. The van der Waals surface area contributed by atoms with E-state index in [9.17, 15) is 13.6 Å². The SMILES string of the molecule is Cl.O=C(CN1CCNCC1c1cccc(F)c1)Nc1ccc(F)cc1. The number of anilines is 1. The molecule has 1 heterocycles. The fourth-order valence-corrected chi connectivity index (χ4v) is 2.90. The molecule has 134 valence electrons. The molecule has 2 N–H and O–H groups in total. The average molecular weight is 368 g/mol. The van der Waals surface area contributed by atoms with Gasteiger partial charge in [0.1, 0.15) is 11.6 Å². The van der Waals surface area contributed by atoms with Gasteiger partial charge in [0.15, 0.2) is 0 Å². The summed E-state index contributed by atoms with van der Waals surface area (Å²) in [6, 6.07) is 12.0. The number of hydrogen-bond donors (Lipinski definition) is 2. The minimum Gasteiger partial charge on any atom is -0.325 e. The number of carbonyl (C=O) groups is 1. The van der Waals surface area contributed by atoms with Crippen molar-refractivity contribution in [2.24, 2.45) is 0 Å². The highest BCUT2D eigenvalue weighted by molar-refractivity contribution is 5.92. The van der Waals surface area contributed by atoms with Crippen molar-refractivity contribution in [2.75, 3.05) is 31.5 Å². The molecule has 1 atom stereocenters. The van der Waals surface area contributed by atoms with Crippen LogP contribution in [0.5, 0.6) is 0 Å². The summed E-state index contributed by atoms with van der Waals surface area (Å²) < 4.78 is 26.4. The molecule has 1 saturated heterocycles. The largest absolute Gasteiger partial charge is 0.325 e. The predicted octanol–water partition coefficient (Wildman–Crippen LogP) is 2.97. The van der Waals surface area contributed by atoms with Crippen molar-refractivity contribution < 1.29 is 13.6 Å². The molecular formula is C18H20ClF2N3O. The fourth-order valence-electron chi connectivity index (χ4n) is 2.90. The summed E-state index contributed by atoms with van der Waals surface area (Å²) in [5.74, 6) is -0.806. The number of nitrogens with zero attached hydrogens (tertiary/aromatic N) is 1. The first-order chi connectivity index (χ1) is 11.6. The van der Waals surface area contributed by atoms with Crippen LogP contribution in [-0.2, 0) is 4.79 Å². The van der Waals surface area contributed by atoms with E-state index in [1.54, 1.807) is 6.07 Å². The van der Waals surface area contributed by atoms with E-state index in [-0.39, 0.29) is 42.5 Å². The molecule has 3 rings (SSSR count). The number of carbonyl (C=O) groups excluding carboxylic acids is 1. The molecule has 1 amide bonds. The Balaban J connectivity index is 0.00000225. The van der Waals surface area contributed by atoms with Crippen LogP contribution in [0, 0.1) is 11.6 Å². The van der Waals surface area contributed by atoms with Crippen molar-refractivity contribution in [1.82, 2.24) is 10.2 Å². The number of hydrogen-bond acceptors (Lipinski definition) is 3. The molecule has 4 nitrogen and oxygen atoms in total. The maximum absolute atomic E-state index is 13.5. The quantitative estimate of drug-likeness (QED) is 0.873. The molecule has 0 bridgehead atoms. The minimum atomic E-state index is -0.346. The first-order valence-corrected chi connectivity index (χ1v) is 7.87. The van der Waals surface area contributed by atoms with E-state index in [4.69, 9.17) is 0 Å². The van der Waals surface area contributed by atoms with Gasteiger partial charge < -0.3 is 10.6 Å². The molecule has 0 aromatic heterocycles. The van der Waals surface area contributed by atoms with Gasteiger partial charge in [-0.2, -0.15) is 0 Å². The Bertz CT molecular complexity index is 712. The van der Waals surface area contributed by atoms with E-state index in [0.29, 0.717) is 18.8 Å². The third kappa shape index (κ3) is 5.22. The average Bonchev–Trinajstić information content (AvgIpc) is 2.57. The van der Waals surface area contributed by atoms with E-state index in [1.165, 1.54) is 36.4 Å². The van der Waals surface area contributed by atoms with Crippen LogP contribution in [-0.4, -0.2) is 37.0 Å². The lowest BCUT2D eigenvalue weighted by Crippen LogP contribution is -2.48. The molecule has 7 heteroatoms. The second-order valence-corrected chi connectivity index (χ2v) is 5.80. The topological polar surface area (TPSA) is 44.4 Å². The molecule has 0 saturated carbocycles. The van der Waals surface area contributed by atoms with Gasteiger partial charge in [-0.25, -0.2) is 8.78 Å². The second kappa shape index (κ2) is 8.89. The van der Waals surface area contributed by atoms with E-state index in [1.807, 2.05) is 11.0 Å². The van der Waals surface area contributed by atoms with Crippen LogP contribution < -0.4 is 10.6 Å². The predicted molar refractivity (Wildman–Crippen MR) is 95.9 cm³/mol. The summed E-state index contributed by atoms with van der Waals surface area (Å²) in [5, 5.41) is 6.03. The monoisotopic (exact) mass is 367 g/mol. The Morgan fingerprint density at radius 3 is 2.64 bits per heavy atom. The van der Waals surface area contributed by atoms with Crippen molar-refractivity contribution in [3.05, 3.63) is 65.7 Å². The Kier molecular flexibility index (Phi) is 6.87. The van der Waals surface area contributed by atoms with Gasteiger partial charge in [0.05, 0.1) is 6.54 Å². The zero-order chi connectivity index (χ0) is 16.9. The normalized spacial score (nSPS) is 17.6. The van der Waals surface area contributed by atoms with Crippen LogP contribution >= 0.6 is 12.4 Å². The van der Waals surface area contributed by atoms with Crippen LogP contribution in [0.15, 0.2) is 48.5 Å². The Hall–Kier alpha value is -2.02. The molecule has 0 radical (unpaired) electrons. The van der Waals surface area contributed by atoms with Gasteiger partial charge in [-0.05, 0) is 42.0 Å². The number of benzene rings is 2. The molecule has 1 aliphatic rings. The van der Waals surface area contributed by atoms with E-state index >= 15 is 0 Å². The summed E-state index contributed by atoms with van der Waals surface area (Å²) in [6.07, 6.45) is 0. The number of nitrogens with one attached hydrogen (secondary N) is 2. The first-order valence-electron chi connectivity index (χ1n) is 7.87. The maximum atomic E-state index is 13.5. The Morgan fingerprint density at radius 2 is 1.92 bits per heavy atom. The second-order valence-electron chi connectivity index (χ2n) is 5.80. The standard InChI is InChI=1S/C18H19F2N3O.ClH/c19-14-4-6-16(7-5-14)22-18(24)12-23-9-8-21-11-17(23)13-2-1-3-15(20)10-13;/h1-7,10,17,21H,8-9,11-12H2,(H,22,24);1H. The molecule has 1 aliphatic heterocycles. The van der Waals surface area contributed by atoms with E-state index < -0.39 is 0 Å². The summed E-state index contributed by atoms with van der Waals surface area (Å²) in [5.41, 5.74) is 1.40. The van der Waals surface area contributed by atoms with Crippen LogP contribution in [0.2, 0.25) is 0 Å².